The van der Waals surface area contributed by atoms with Crippen molar-refractivity contribution in [2.24, 2.45) is 5.73 Å². The van der Waals surface area contributed by atoms with Crippen LogP contribution in [0.15, 0.2) is 54.6 Å². The van der Waals surface area contributed by atoms with Crippen LogP contribution in [-0.4, -0.2) is 30.1 Å². The minimum atomic E-state index is -3.33. The third-order valence-corrected chi connectivity index (χ3v) is 5.37. The van der Waals surface area contributed by atoms with Gasteiger partial charge in [0.25, 0.3) is 0 Å². The van der Waals surface area contributed by atoms with Gasteiger partial charge in [-0.05, 0) is 43.0 Å². The van der Waals surface area contributed by atoms with Gasteiger partial charge in [-0.3, -0.25) is 4.57 Å². The fraction of sp³-hybridized carbons (Fsp3) is 0.400. The van der Waals surface area contributed by atoms with E-state index in [0.717, 1.165) is 17.5 Å². The Bertz CT molecular complexity index is 689. The van der Waals surface area contributed by atoms with Crippen LogP contribution < -0.4 is 10.5 Å². The summed E-state index contributed by atoms with van der Waals surface area (Å²) in [6.45, 7) is 2.92. The van der Waals surface area contributed by atoms with Crippen molar-refractivity contribution < 1.29 is 18.9 Å². The average molecular weight is 377 g/mol. The second kappa shape index (κ2) is 10.5. The van der Waals surface area contributed by atoms with Crippen molar-refractivity contribution in [3.05, 3.63) is 65.7 Å². The molecule has 26 heavy (non-hydrogen) atoms. The molecule has 0 heterocycles. The highest BCUT2D eigenvalue weighted by Crippen LogP contribution is 2.41. The molecule has 2 atom stereocenters. The molecule has 2 rings (SSSR count). The van der Waals surface area contributed by atoms with E-state index in [1.165, 1.54) is 0 Å². The van der Waals surface area contributed by atoms with Crippen molar-refractivity contribution in [3.8, 4) is 5.75 Å². The number of rotatable bonds is 11. The highest BCUT2D eigenvalue weighted by Gasteiger charge is 2.18. The zero-order chi connectivity index (χ0) is 18.8. The van der Waals surface area contributed by atoms with Gasteiger partial charge in [0.05, 0.1) is 6.61 Å². The summed E-state index contributed by atoms with van der Waals surface area (Å²) in [4.78, 5) is 10.0. The molecule has 0 saturated heterocycles. The van der Waals surface area contributed by atoms with Gasteiger partial charge in [0.1, 0.15) is 5.75 Å². The van der Waals surface area contributed by atoms with Crippen LogP contribution >= 0.6 is 7.37 Å². The third kappa shape index (κ3) is 8.15. The van der Waals surface area contributed by atoms with Crippen molar-refractivity contribution in [3.63, 3.8) is 0 Å². The summed E-state index contributed by atoms with van der Waals surface area (Å²) in [6.07, 6.45) is 1.32. The summed E-state index contributed by atoms with van der Waals surface area (Å²) >= 11 is 0. The molecule has 0 spiro atoms. The molecular weight excluding hydrogens is 349 g/mol. The smallest absolute Gasteiger partial charge is 0.236 e. The molecule has 0 aliphatic carbocycles. The first-order chi connectivity index (χ1) is 12.4. The normalized spacial score (nSPS) is 14.6. The molecule has 3 N–H and O–H groups in total. The monoisotopic (exact) mass is 377 g/mol. The van der Waals surface area contributed by atoms with Crippen molar-refractivity contribution in [2.75, 3.05) is 19.1 Å². The second-order valence-electron chi connectivity index (χ2n) is 6.56. The summed E-state index contributed by atoms with van der Waals surface area (Å²) < 4.78 is 23.2. The Hall–Kier alpha value is -1.65. The van der Waals surface area contributed by atoms with Crippen LogP contribution in [-0.2, 0) is 22.3 Å². The molecule has 142 valence electrons. The Kier molecular flexibility index (Phi) is 8.33. The molecule has 0 fully saturated rings. The minimum Gasteiger partial charge on any atom is -0.484 e. The van der Waals surface area contributed by atoms with Crippen LogP contribution in [0.2, 0.25) is 0 Å². The summed E-state index contributed by atoms with van der Waals surface area (Å²) in [5.74, 6) is 0.591. The van der Waals surface area contributed by atoms with E-state index in [1.54, 1.807) is 12.1 Å². The maximum Gasteiger partial charge on any atom is 0.236 e. The third-order valence-electron chi connectivity index (χ3n) is 3.82. The summed E-state index contributed by atoms with van der Waals surface area (Å²) in [5.41, 5.74) is 7.98. The zero-order valence-corrected chi connectivity index (χ0v) is 16.1. The van der Waals surface area contributed by atoms with Gasteiger partial charge in [0, 0.05) is 18.8 Å². The van der Waals surface area contributed by atoms with Gasteiger partial charge in [0.15, 0.2) is 6.35 Å². The fourth-order valence-electron chi connectivity index (χ4n) is 2.51. The van der Waals surface area contributed by atoms with Crippen molar-refractivity contribution in [1.29, 1.82) is 0 Å². The first-order valence-corrected chi connectivity index (χ1v) is 10.9. The second-order valence-corrected chi connectivity index (χ2v) is 8.96. The topological polar surface area (TPSA) is 81.8 Å². The molecule has 0 amide bonds. The highest BCUT2D eigenvalue weighted by atomic mass is 31.2. The van der Waals surface area contributed by atoms with Crippen LogP contribution in [0.4, 0.5) is 0 Å². The molecule has 2 unspecified atom stereocenters. The Balaban J connectivity index is 1.65. The number of hydrogen-bond acceptors (Lipinski definition) is 4. The van der Waals surface area contributed by atoms with E-state index in [-0.39, 0.29) is 18.6 Å². The lowest BCUT2D eigenvalue weighted by Crippen LogP contribution is -2.17. The molecule has 0 bridgehead atoms. The van der Waals surface area contributed by atoms with E-state index >= 15 is 0 Å². The highest BCUT2D eigenvalue weighted by molar-refractivity contribution is 7.57. The van der Waals surface area contributed by atoms with E-state index < -0.39 is 7.37 Å². The first-order valence-electron chi connectivity index (χ1n) is 8.84. The van der Waals surface area contributed by atoms with Gasteiger partial charge in [0.2, 0.25) is 7.37 Å². The molecule has 5 nitrogen and oxygen atoms in total. The first kappa shape index (κ1) is 20.7. The predicted molar refractivity (Wildman–Crippen MR) is 105 cm³/mol. The molecule has 0 saturated carbocycles. The van der Waals surface area contributed by atoms with Crippen molar-refractivity contribution in [1.82, 2.24) is 0 Å². The van der Waals surface area contributed by atoms with Crippen LogP contribution in [0, 0.1) is 0 Å². The van der Waals surface area contributed by atoms with Crippen LogP contribution in [0.25, 0.3) is 0 Å². The number of ether oxygens (including phenoxy) is 2. The largest absolute Gasteiger partial charge is 0.484 e. The summed E-state index contributed by atoms with van der Waals surface area (Å²) in [5, 5.41) is 0. The standard InChI is InChI=1S/C20H28NO4P/c1-17(21)14-18-8-10-20(11-9-18)25-16-26(22,23)13-5-12-24-15-19-6-3-2-4-7-19/h2-4,6-11,17H,5,12-16,21H2,1H3,(H,22,23). The zero-order valence-electron chi connectivity index (χ0n) is 15.2. The average Bonchev–Trinajstić information content (AvgIpc) is 2.61. The van der Waals surface area contributed by atoms with Gasteiger partial charge in [-0.25, -0.2) is 0 Å². The molecule has 2 aromatic rings. The fourth-order valence-corrected chi connectivity index (χ4v) is 3.61. The van der Waals surface area contributed by atoms with E-state index in [2.05, 4.69) is 0 Å². The van der Waals surface area contributed by atoms with E-state index in [0.29, 0.717) is 25.4 Å². The summed E-state index contributed by atoms with van der Waals surface area (Å²) in [7, 11) is -3.33. The number of nitrogens with two attached hydrogens (primary N) is 1. The molecule has 0 aliphatic heterocycles. The van der Waals surface area contributed by atoms with Crippen LogP contribution in [0.3, 0.4) is 0 Å². The maximum atomic E-state index is 12.2. The van der Waals surface area contributed by atoms with Crippen molar-refractivity contribution in [2.45, 2.75) is 32.4 Å². The van der Waals surface area contributed by atoms with E-state index in [9.17, 15) is 9.46 Å². The Labute approximate surface area is 155 Å². The quantitative estimate of drug-likeness (QED) is 0.460. The minimum absolute atomic E-state index is 0.100. The lowest BCUT2D eigenvalue weighted by atomic mass is 10.1. The number of benzene rings is 2. The Morgan fingerprint density at radius 3 is 2.42 bits per heavy atom. The van der Waals surface area contributed by atoms with E-state index in [1.807, 2.05) is 49.4 Å². The van der Waals surface area contributed by atoms with Gasteiger partial charge in [-0.2, -0.15) is 0 Å². The molecule has 0 aromatic heterocycles. The van der Waals surface area contributed by atoms with Gasteiger partial charge >= 0.3 is 0 Å². The molecular formula is C20H28NO4P. The van der Waals surface area contributed by atoms with Gasteiger partial charge in [-0.15, -0.1) is 0 Å². The predicted octanol–water partition coefficient (Wildman–Crippen LogP) is 3.79. The molecule has 6 heteroatoms. The molecule has 0 aliphatic rings. The van der Waals surface area contributed by atoms with Gasteiger partial charge < -0.3 is 20.1 Å². The van der Waals surface area contributed by atoms with Crippen molar-refractivity contribution >= 4 is 7.37 Å². The van der Waals surface area contributed by atoms with Crippen LogP contribution in [0.1, 0.15) is 24.5 Å². The Morgan fingerprint density at radius 2 is 1.77 bits per heavy atom. The Morgan fingerprint density at radius 1 is 1.08 bits per heavy atom. The lowest BCUT2D eigenvalue weighted by molar-refractivity contribution is 0.121. The summed E-state index contributed by atoms with van der Waals surface area (Å²) in [6, 6.07) is 17.4. The van der Waals surface area contributed by atoms with E-state index in [4.69, 9.17) is 15.2 Å². The lowest BCUT2D eigenvalue weighted by Gasteiger charge is -2.13. The maximum absolute atomic E-state index is 12.2. The SMILES string of the molecule is CC(N)Cc1ccc(OCP(=O)(O)CCCOCc2ccccc2)cc1. The van der Waals surface area contributed by atoms with Gasteiger partial charge in [-0.1, -0.05) is 42.5 Å². The molecule has 0 radical (unpaired) electrons. The molecule has 2 aromatic carbocycles. The van der Waals surface area contributed by atoms with Crippen LogP contribution in [0.5, 0.6) is 5.75 Å². The number of hydrogen-bond donors (Lipinski definition) is 2.